The summed E-state index contributed by atoms with van der Waals surface area (Å²) >= 11 is 31.8. The minimum atomic E-state index is -1.81. The number of halogens is 6. The van der Waals surface area contributed by atoms with Gasteiger partial charge in [0.1, 0.15) is 0 Å². The zero-order valence-corrected chi connectivity index (χ0v) is 11.0. The van der Waals surface area contributed by atoms with Gasteiger partial charge in [0.25, 0.3) is 0 Å². The van der Waals surface area contributed by atoms with Crippen molar-refractivity contribution >= 4 is 81.2 Å². The fourth-order valence-corrected chi connectivity index (χ4v) is 1.29. The normalized spacial score (nSPS) is 12.7. The van der Waals surface area contributed by atoms with Gasteiger partial charge in [0, 0.05) is 0 Å². The molecule has 0 aromatic heterocycles. The molecule has 0 amide bonds. The molecule has 0 saturated heterocycles. The molecular formula is C6H4Cl6O2. The number of carbonyl (C=O) groups excluding carboxylic acids is 2. The van der Waals surface area contributed by atoms with Gasteiger partial charge in [0.15, 0.2) is 7.59 Å². The molecule has 0 bridgehead atoms. The van der Waals surface area contributed by atoms with Gasteiger partial charge in [0.2, 0.25) is 11.6 Å². The monoisotopic (exact) mass is 318 g/mol. The van der Waals surface area contributed by atoms with E-state index in [9.17, 15) is 9.59 Å². The lowest BCUT2D eigenvalue weighted by Gasteiger charge is -2.11. The Hall–Kier alpha value is 1.08. The maximum atomic E-state index is 11.1. The van der Waals surface area contributed by atoms with Gasteiger partial charge in [-0.1, -0.05) is 69.6 Å². The van der Waals surface area contributed by atoms with Gasteiger partial charge in [0.05, 0.1) is 12.8 Å². The van der Waals surface area contributed by atoms with E-state index in [-0.39, 0.29) is 0 Å². The van der Waals surface area contributed by atoms with Crippen LogP contribution in [0.2, 0.25) is 0 Å². The Morgan fingerprint density at radius 1 is 0.714 bits per heavy atom. The summed E-state index contributed by atoms with van der Waals surface area (Å²) in [5.41, 5.74) is 0. The Morgan fingerprint density at radius 3 is 1.07 bits per heavy atom. The molecule has 0 heterocycles. The molecule has 0 aliphatic heterocycles. The summed E-state index contributed by atoms with van der Waals surface area (Å²) in [4.78, 5) is 22.1. The van der Waals surface area contributed by atoms with E-state index in [1.54, 1.807) is 0 Å². The standard InChI is InChI=1S/C6H4Cl6O2/c7-5(8,9)1-3(13)4(14)2-6(10,11)12/h1-2H2. The third-order valence-corrected chi connectivity index (χ3v) is 1.83. The Balaban J connectivity index is 4.22. The number of hydrogen-bond acceptors (Lipinski definition) is 2. The van der Waals surface area contributed by atoms with Crippen molar-refractivity contribution in [3.63, 3.8) is 0 Å². The second-order valence-electron chi connectivity index (χ2n) is 2.43. The van der Waals surface area contributed by atoms with Gasteiger partial charge in [-0.2, -0.15) is 0 Å². The summed E-state index contributed by atoms with van der Waals surface area (Å²) in [6, 6.07) is 0. The van der Waals surface area contributed by atoms with Crippen LogP contribution in [0.3, 0.4) is 0 Å². The summed E-state index contributed by atoms with van der Waals surface area (Å²) in [5, 5.41) is 0. The molecule has 0 rings (SSSR count). The summed E-state index contributed by atoms with van der Waals surface area (Å²) in [7, 11) is 0. The van der Waals surface area contributed by atoms with E-state index in [1.807, 2.05) is 0 Å². The first-order valence-corrected chi connectivity index (χ1v) is 5.47. The number of carbonyl (C=O) groups is 2. The van der Waals surface area contributed by atoms with Gasteiger partial charge in [-0.3, -0.25) is 9.59 Å². The van der Waals surface area contributed by atoms with E-state index in [0.29, 0.717) is 0 Å². The summed E-state index contributed by atoms with van der Waals surface area (Å²) in [6.07, 6.45) is -1.06. The predicted molar refractivity (Wildman–Crippen MR) is 59.8 cm³/mol. The van der Waals surface area contributed by atoms with Gasteiger partial charge >= 0.3 is 0 Å². The molecule has 8 heteroatoms. The van der Waals surface area contributed by atoms with Crippen LogP contribution in [0.15, 0.2) is 0 Å². The van der Waals surface area contributed by atoms with Gasteiger partial charge in [-0.05, 0) is 0 Å². The lowest BCUT2D eigenvalue weighted by Crippen LogP contribution is -2.24. The largest absolute Gasteiger partial charge is 0.291 e. The van der Waals surface area contributed by atoms with Crippen molar-refractivity contribution in [1.82, 2.24) is 0 Å². The average molecular weight is 321 g/mol. The zero-order chi connectivity index (χ0) is 11.6. The van der Waals surface area contributed by atoms with Crippen molar-refractivity contribution in [2.24, 2.45) is 0 Å². The fraction of sp³-hybridized carbons (Fsp3) is 0.667. The van der Waals surface area contributed by atoms with Crippen LogP contribution in [0.5, 0.6) is 0 Å². The molecule has 0 atom stereocenters. The maximum absolute atomic E-state index is 11.1. The Morgan fingerprint density at radius 2 is 0.929 bits per heavy atom. The van der Waals surface area contributed by atoms with Gasteiger partial charge < -0.3 is 0 Å². The molecule has 0 unspecified atom stereocenters. The van der Waals surface area contributed by atoms with Crippen LogP contribution < -0.4 is 0 Å². The molecule has 14 heavy (non-hydrogen) atoms. The lowest BCUT2D eigenvalue weighted by molar-refractivity contribution is -0.136. The second kappa shape index (κ2) is 5.42. The molecule has 0 N–H and O–H groups in total. The second-order valence-corrected chi connectivity index (χ2v) is 7.46. The molecule has 2 nitrogen and oxygen atoms in total. The van der Waals surface area contributed by atoms with E-state index in [2.05, 4.69) is 0 Å². The number of rotatable bonds is 3. The highest BCUT2D eigenvalue weighted by atomic mass is 35.6. The highest BCUT2D eigenvalue weighted by Crippen LogP contribution is 2.33. The highest BCUT2D eigenvalue weighted by Gasteiger charge is 2.32. The third-order valence-electron chi connectivity index (χ3n) is 1.03. The van der Waals surface area contributed by atoms with Crippen LogP contribution in [0.4, 0.5) is 0 Å². The Kier molecular flexibility index (Phi) is 5.84. The van der Waals surface area contributed by atoms with Crippen LogP contribution in [0.25, 0.3) is 0 Å². The highest BCUT2D eigenvalue weighted by molar-refractivity contribution is 6.70. The van der Waals surface area contributed by atoms with Crippen LogP contribution in [0, 0.1) is 0 Å². The van der Waals surface area contributed by atoms with Crippen molar-refractivity contribution in [3.8, 4) is 0 Å². The lowest BCUT2D eigenvalue weighted by atomic mass is 10.2. The van der Waals surface area contributed by atoms with Crippen molar-refractivity contribution in [1.29, 1.82) is 0 Å². The topological polar surface area (TPSA) is 34.1 Å². The number of alkyl halides is 6. The van der Waals surface area contributed by atoms with E-state index in [4.69, 9.17) is 69.6 Å². The minimum absolute atomic E-state index is 0.531. The molecule has 0 spiro atoms. The fourth-order valence-electron chi connectivity index (χ4n) is 0.561. The van der Waals surface area contributed by atoms with Crippen LogP contribution >= 0.6 is 69.6 Å². The van der Waals surface area contributed by atoms with Crippen LogP contribution in [0.1, 0.15) is 12.8 Å². The number of ketones is 2. The first-order valence-electron chi connectivity index (χ1n) is 3.21. The first-order chi connectivity index (χ1) is 6.01. The van der Waals surface area contributed by atoms with Gasteiger partial charge in [-0.25, -0.2) is 0 Å². The predicted octanol–water partition coefficient (Wildman–Crippen LogP) is 3.65. The van der Waals surface area contributed by atoms with E-state index in [1.165, 1.54) is 0 Å². The van der Waals surface area contributed by atoms with E-state index >= 15 is 0 Å². The van der Waals surface area contributed by atoms with Crippen molar-refractivity contribution < 1.29 is 9.59 Å². The molecule has 0 radical (unpaired) electrons. The first kappa shape index (κ1) is 15.1. The summed E-state index contributed by atoms with van der Waals surface area (Å²) < 4.78 is -3.61. The van der Waals surface area contributed by atoms with E-state index < -0.39 is 32.0 Å². The summed E-state index contributed by atoms with van der Waals surface area (Å²) in [5.74, 6) is -1.76. The number of Topliss-reactive ketones (excluding diaryl/α,β-unsaturated/α-hetero) is 2. The molecule has 82 valence electrons. The summed E-state index contributed by atoms with van der Waals surface area (Å²) in [6.45, 7) is 0. The SMILES string of the molecule is O=C(CC(Cl)(Cl)Cl)C(=O)CC(Cl)(Cl)Cl. The molecule has 0 aliphatic rings. The third kappa shape index (κ3) is 8.39. The van der Waals surface area contributed by atoms with Crippen LogP contribution in [-0.2, 0) is 9.59 Å². The Labute approximate surface area is 111 Å². The van der Waals surface area contributed by atoms with E-state index in [0.717, 1.165) is 0 Å². The van der Waals surface area contributed by atoms with Crippen molar-refractivity contribution in [2.45, 2.75) is 20.4 Å². The molecule has 0 aliphatic carbocycles. The quantitative estimate of drug-likeness (QED) is 0.587. The minimum Gasteiger partial charge on any atom is -0.291 e. The molecule has 0 aromatic rings. The van der Waals surface area contributed by atoms with Crippen molar-refractivity contribution in [3.05, 3.63) is 0 Å². The molecule has 0 fully saturated rings. The van der Waals surface area contributed by atoms with Crippen molar-refractivity contribution in [2.75, 3.05) is 0 Å². The molecule has 0 saturated carbocycles. The Bertz CT molecular complexity index is 212. The maximum Gasteiger partial charge on any atom is 0.202 e. The molecular weight excluding hydrogens is 317 g/mol. The number of hydrogen-bond donors (Lipinski definition) is 0. The smallest absolute Gasteiger partial charge is 0.202 e. The molecule has 0 aromatic carbocycles. The zero-order valence-electron chi connectivity index (χ0n) is 6.50. The average Bonchev–Trinajstić information content (AvgIpc) is 1.78. The van der Waals surface area contributed by atoms with Crippen LogP contribution in [-0.4, -0.2) is 19.2 Å². The van der Waals surface area contributed by atoms with Gasteiger partial charge in [-0.15, -0.1) is 0 Å².